The van der Waals surface area contributed by atoms with Gasteiger partial charge in [0.15, 0.2) is 0 Å². The number of rotatable bonds is 2. The van der Waals surface area contributed by atoms with Crippen LogP contribution in [0.4, 0.5) is 0 Å². The van der Waals surface area contributed by atoms with Crippen LogP contribution in [0.25, 0.3) is 11.1 Å². The molecule has 0 saturated heterocycles. The summed E-state index contributed by atoms with van der Waals surface area (Å²) < 4.78 is 5.41. The van der Waals surface area contributed by atoms with E-state index >= 15 is 0 Å². The Balaban J connectivity index is 2.22. The molecule has 0 spiro atoms. The number of hydrogen-bond acceptors (Lipinski definition) is 3. The van der Waals surface area contributed by atoms with E-state index in [2.05, 4.69) is 11.1 Å². The van der Waals surface area contributed by atoms with Crippen molar-refractivity contribution in [3.63, 3.8) is 0 Å². The first-order valence-electron chi connectivity index (χ1n) is 4.88. The molecule has 0 unspecified atom stereocenters. The van der Waals surface area contributed by atoms with Crippen LogP contribution in [0, 0.1) is 0 Å². The zero-order valence-electron chi connectivity index (χ0n) is 7.86. The van der Waals surface area contributed by atoms with E-state index in [1.54, 1.807) is 6.20 Å². The number of nitrogens with zero attached hydrogens (tertiary/aromatic N) is 1. The van der Waals surface area contributed by atoms with E-state index in [4.69, 9.17) is 10.2 Å². The van der Waals surface area contributed by atoms with Gasteiger partial charge in [0.1, 0.15) is 0 Å². The number of nitrogens with two attached hydrogens (primary N) is 1. The van der Waals surface area contributed by atoms with Crippen molar-refractivity contribution in [3.05, 3.63) is 30.2 Å². The summed E-state index contributed by atoms with van der Waals surface area (Å²) in [4.78, 5) is 4.17. The van der Waals surface area contributed by atoms with Crippen LogP contribution in [0.5, 0.6) is 0 Å². The van der Waals surface area contributed by atoms with Crippen molar-refractivity contribution in [2.45, 2.75) is 18.3 Å². The van der Waals surface area contributed by atoms with Crippen molar-refractivity contribution in [2.24, 2.45) is 5.73 Å². The lowest BCUT2D eigenvalue weighted by Gasteiger charge is -2.08. The Morgan fingerprint density at radius 3 is 3.07 bits per heavy atom. The van der Waals surface area contributed by atoms with Gasteiger partial charge >= 0.3 is 0 Å². The highest BCUT2D eigenvalue weighted by molar-refractivity contribution is 5.79. The van der Waals surface area contributed by atoms with E-state index < -0.39 is 0 Å². The fourth-order valence-corrected chi connectivity index (χ4v) is 2.01. The molecule has 0 amide bonds. The molecule has 0 radical (unpaired) electrons. The fraction of sp³-hybridized carbons (Fsp3) is 0.364. The standard InChI is InChI=1S/C11H12N2O/c12-7-11(3-4-11)9-6-14-10-8(9)2-1-5-13-10/h1-2,5-6H,3-4,7,12H2. The summed E-state index contributed by atoms with van der Waals surface area (Å²) in [5.41, 5.74) is 7.94. The van der Waals surface area contributed by atoms with Crippen LogP contribution in [-0.2, 0) is 5.41 Å². The van der Waals surface area contributed by atoms with Gasteiger partial charge in [-0.3, -0.25) is 0 Å². The predicted octanol–water partition coefficient (Wildman–Crippen LogP) is 1.82. The molecule has 2 heterocycles. The van der Waals surface area contributed by atoms with Crippen LogP contribution in [0.2, 0.25) is 0 Å². The van der Waals surface area contributed by atoms with Gasteiger partial charge in [-0.1, -0.05) is 0 Å². The van der Waals surface area contributed by atoms with Crippen LogP contribution in [-0.4, -0.2) is 11.5 Å². The summed E-state index contributed by atoms with van der Waals surface area (Å²) in [5, 5.41) is 1.12. The lowest BCUT2D eigenvalue weighted by molar-refractivity contribution is 0.586. The van der Waals surface area contributed by atoms with E-state index in [9.17, 15) is 0 Å². The van der Waals surface area contributed by atoms with Gasteiger partial charge in [0, 0.05) is 29.1 Å². The molecule has 3 nitrogen and oxygen atoms in total. The normalized spacial score (nSPS) is 18.6. The Labute approximate surface area is 81.9 Å². The van der Waals surface area contributed by atoms with Crippen LogP contribution in [0.15, 0.2) is 29.0 Å². The lowest BCUT2D eigenvalue weighted by atomic mass is 9.96. The summed E-state index contributed by atoms with van der Waals surface area (Å²) in [5.74, 6) is 0. The summed E-state index contributed by atoms with van der Waals surface area (Å²) >= 11 is 0. The molecule has 3 rings (SSSR count). The van der Waals surface area contributed by atoms with E-state index in [0.717, 1.165) is 11.1 Å². The van der Waals surface area contributed by atoms with Crippen LogP contribution < -0.4 is 5.73 Å². The largest absolute Gasteiger partial charge is 0.446 e. The number of furan rings is 1. The monoisotopic (exact) mass is 188 g/mol. The van der Waals surface area contributed by atoms with Crippen molar-refractivity contribution in [2.75, 3.05) is 6.54 Å². The molecule has 2 aromatic rings. The molecule has 0 atom stereocenters. The highest BCUT2D eigenvalue weighted by atomic mass is 16.3. The average molecular weight is 188 g/mol. The third-order valence-corrected chi connectivity index (χ3v) is 3.17. The minimum Gasteiger partial charge on any atom is -0.446 e. The number of aromatic nitrogens is 1. The summed E-state index contributed by atoms with van der Waals surface area (Å²) in [6.45, 7) is 0.705. The molecule has 3 heteroatoms. The van der Waals surface area contributed by atoms with E-state index in [1.165, 1.54) is 18.4 Å². The maximum atomic E-state index is 5.79. The van der Waals surface area contributed by atoms with Gasteiger partial charge in [-0.15, -0.1) is 0 Å². The van der Waals surface area contributed by atoms with Crippen molar-refractivity contribution in [3.8, 4) is 0 Å². The van der Waals surface area contributed by atoms with Gasteiger partial charge in [-0.25, -0.2) is 4.98 Å². The fourth-order valence-electron chi connectivity index (χ4n) is 2.01. The molecule has 1 saturated carbocycles. The SMILES string of the molecule is NCC1(c2coc3ncccc23)CC1. The van der Waals surface area contributed by atoms with Crippen molar-refractivity contribution in [1.82, 2.24) is 4.98 Å². The Morgan fingerprint density at radius 1 is 1.50 bits per heavy atom. The van der Waals surface area contributed by atoms with Crippen LogP contribution >= 0.6 is 0 Å². The molecule has 1 aliphatic rings. The Bertz CT molecular complexity index is 471. The highest BCUT2D eigenvalue weighted by Crippen LogP contribution is 2.49. The molecule has 2 aromatic heterocycles. The van der Waals surface area contributed by atoms with Crippen molar-refractivity contribution < 1.29 is 4.42 Å². The first-order valence-corrected chi connectivity index (χ1v) is 4.88. The van der Waals surface area contributed by atoms with Crippen LogP contribution in [0.1, 0.15) is 18.4 Å². The summed E-state index contributed by atoms with van der Waals surface area (Å²) in [6.07, 6.45) is 5.91. The first kappa shape index (κ1) is 8.00. The second-order valence-corrected chi connectivity index (χ2v) is 3.99. The Morgan fingerprint density at radius 2 is 2.36 bits per heavy atom. The predicted molar refractivity (Wildman–Crippen MR) is 54.0 cm³/mol. The highest BCUT2D eigenvalue weighted by Gasteiger charge is 2.45. The second kappa shape index (κ2) is 2.58. The Kier molecular flexibility index (Phi) is 1.47. The molecule has 0 aromatic carbocycles. The molecular formula is C11H12N2O. The van der Waals surface area contributed by atoms with Gasteiger partial charge in [0.05, 0.1) is 6.26 Å². The first-order chi connectivity index (χ1) is 6.86. The lowest BCUT2D eigenvalue weighted by Crippen LogP contribution is -2.19. The maximum Gasteiger partial charge on any atom is 0.226 e. The number of hydrogen-bond donors (Lipinski definition) is 1. The topological polar surface area (TPSA) is 52.0 Å². The van der Waals surface area contributed by atoms with Crippen molar-refractivity contribution in [1.29, 1.82) is 0 Å². The van der Waals surface area contributed by atoms with Gasteiger partial charge in [-0.05, 0) is 25.0 Å². The van der Waals surface area contributed by atoms with E-state index in [-0.39, 0.29) is 5.41 Å². The zero-order valence-corrected chi connectivity index (χ0v) is 7.86. The molecular weight excluding hydrogens is 176 g/mol. The van der Waals surface area contributed by atoms with Gasteiger partial charge in [0.2, 0.25) is 5.71 Å². The van der Waals surface area contributed by atoms with Gasteiger partial charge in [0.25, 0.3) is 0 Å². The minimum atomic E-state index is 0.189. The van der Waals surface area contributed by atoms with Gasteiger partial charge in [-0.2, -0.15) is 0 Å². The quantitative estimate of drug-likeness (QED) is 0.782. The number of pyridine rings is 1. The Hall–Kier alpha value is -1.35. The second-order valence-electron chi connectivity index (χ2n) is 3.99. The zero-order chi connectivity index (χ0) is 9.60. The summed E-state index contributed by atoms with van der Waals surface area (Å²) in [6, 6.07) is 3.99. The van der Waals surface area contributed by atoms with E-state index in [1.807, 2.05) is 12.3 Å². The van der Waals surface area contributed by atoms with Crippen LogP contribution in [0.3, 0.4) is 0 Å². The maximum absolute atomic E-state index is 5.79. The third-order valence-electron chi connectivity index (χ3n) is 3.17. The summed E-state index contributed by atoms with van der Waals surface area (Å²) in [7, 11) is 0. The molecule has 1 aliphatic carbocycles. The molecule has 14 heavy (non-hydrogen) atoms. The minimum absolute atomic E-state index is 0.189. The number of fused-ring (bicyclic) bond motifs is 1. The van der Waals surface area contributed by atoms with Crippen molar-refractivity contribution >= 4 is 11.1 Å². The third kappa shape index (κ3) is 0.930. The molecule has 0 aliphatic heterocycles. The molecule has 1 fully saturated rings. The smallest absolute Gasteiger partial charge is 0.226 e. The van der Waals surface area contributed by atoms with Gasteiger partial charge < -0.3 is 10.2 Å². The average Bonchev–Trinajstić information content (AvgIpc) is 2.91. The molecule has 0 bridgehead atoms. The van der Waals surface area contributed by atoms with E-state index in [0.29, 0.717) is 6.54 Å². The molecule has 72 valence electrons. The molecule has 2 N–H and O–H groups in total.